The predicted molar refractivity (Wildman–Crippen MR) is 76.4 cm³/mol. The normalized spacial score (nSPS) is 10.1. The maximum atomic E-state index is 11.8. The average molecular weight is 364 g/mol. The molecule has 0 saturated heterocycles. The van der Waals surface area contributed by atoms with Gasteiger partial charge in [-0.1, -0.05) is 17.7 Å². The fraction of sp³-hybridized carbons (Fsp3) is 0. The predicted octanol–water partition coefficient (Wildman–Crippen LogP) is 4.26. The summed E-state index contributed by atoms with van der Waals surface area (Å²) in [7, 11) is 0. The summed E-state index contributed by atoms with van der Waals surface area (Å²) in [6.07, 6.45) is 0. The molecule has 0 aliphatic heterocycles. The quantitative estimate of drug-likeness (QED) is 0.794. The van der Waals surface area contributed by atoms with E-state index in [0.29, 0.717) is 16.3 Å². The maximum Gasteiger partial charge on any atom is 0.256 e. The van der Waals surface area contributed by atoms with Crippen molar-refractivity contribution in [1.82, 2.24) is 0 Å². The summed E-state index contributed by atoms with van der Waals surface area (Å²) in [5.74, 6) is -0.110. The molecule has 0 unspecified atom stereocenters. The lowest BCUT2D eigenvalue weighted by Crippen LogP contribution is -2.10. The van der Waals surface area contributed by atoms with Gasteiger partial charge in [0.05, 0.1) is 8.45 Å². The summed E-state index contributed by atoms with van der Waals surface area (Å²) in [6.45, 7) is 0. The fourth-order valence-corrected chi connectivity index (χ4v) is 2.72. The van der Waals surface area contributed by atoms with Crippen molar-refractivity contribution in [3.8, 4) is 0 Å². The third-order valence-corrected chi connectivity index (χ3v) is 3.94. The van der Waals surface area contributed by atoms with E-state index in [4.69, 9.17) is 11.6 Å². The minimum atomic E-state index is -0.110. The number of carbonyl (C=O) groups excluding carboxylic acids is 1. The average Bonchev–Trinajstić information content (AvgIpc) is 2.65. The van der Waals surface area contributed by atoms with Crippen LogP contribution in [0.5, 0.6) is 0 Å². The van der Waals surface area contributed by atoms with Crippen LogP contribution in [-0.4, -0.2) is 5.91 Å². The van der Waals surface area contributed by atoms with Crippen molar-refractivity contribution in [1.29, 1.82) is 0 Å². The van der Waals surface area contributed by atoms with E-state index < -0.39 is 0 Å². The highest BCUT2D eigenvalue weighted by molar-refractivity contribution is 14.1. The van der Waals surface area contributed by atoms with Gasteiger partial charge in [-0.25, -0.2) is 0 Å². The molecule has 82 valence electrons. The van der Waals surface area contributed by atoms with Crippen LogP contribution in [0.1, 0.15) is 10.4 Å². The maximum absolute atomic E-state index is 11.8. The van der Waals surface area contributed by atoms with Crippen molar-refractivity contribution in [3.63, 3.8) is 0 Å². The Kier molecular flexibility index (Phi) is 3.83. The van der Waals surface area contributed by atoms with Crippen LogP contribution < -0.4 is 5.32 Å². The minimum absolute atomic E-state index is 0.110. The highest BCUT2D eigenvalue weighted by Gasteiger charge is 2.07. The van der Waals surface area contributed by atoms with Gasteiger partial charge in [-0.2, -0.15) is 0 Å². The summed E-state index contributed by atoms with van der Waals surface area (Å²) < 4.78 is 1.09. The second-order valence-corrected chi connectivity index (χ2v) is 6.35. The number of rotatable bonds is 2. The van der Waals surface area contributed by atoms with Gasteiger partial charge >= 0.3 is 0 Å². The lowest BCUT2D eigenvalue weighted by atomic mass is 10.3. The largest absolute Gasteiger partial charge is 0.322 e. The lowest BCUT2D eigenvalue weighted by Gasteiger charge is -2.03. The molecule has 0 bridgehead atoms. The minimum Gasteiger partial charge on any atom is -0.322 e. The zero-order chi connectivity index (χ0) is 11.5. The highest BCUT2D eigenvalue weighted by Crippen LogP contribution is 2.19. The molecule has 2 aromatic rings. The molecule has 1 N–H and O–H groups in total. The third-order valence-electron chi connectivity index (χ3n) is 1.91. The zero-order valence-electron chi connectivity index (χ0n) is 8.04. The number of nitrogens with one attached hydrogen (secondary N) is 1. The summed E-state index contributed by atoms with van der Waals surface area (Å²) in [4.78, 5) is 11.8. The molecule has 1 amide bonds. The van der Waals surface area contributed by atoms with E-state index in [1.165, 1.54) is 0 Å². The Morgan fingerprint density at radius 1 is 1.38 bits per heavy atom. The number of carbonyl (C=O) groups is 1. The molecule has 2 rings (SSSR count). The number of hydrogen-bond donors (Lipinski definition) is 1. The first-order chi connectivity index (χ1) is 7.65. The van der Waals surface area contributed by atoms with Gasteiger partial charge in [0, 0.05) is 16.1 Å². The van der Waals surface area contributed by atoms with Crippen molar-refractivity contribution in [2.75, 3.05) is 5.32 Å². The van der Waals surface area contributed by atoms with E-state index in [1.807, 2.05) is 11.4 Å². The number of thiophene rings is 1. The van der Waals surface area contributed by atoms with E-state index in [0.717, 1.165) is 2.88 Å². The molecule has 0 aliphatic carbocycles. The lowest BCUT2D eigenvalue weighted by molar-refractivity contribution is 0.102. The van der Waals surface area contributed by atoms with Gasteiger partial charge in [0.15, 0.2) is 0 Å². The molecule has 1 heterocycles. The molecule has 16 heavy (non-hydrogen) atoms. The van der Waals surface area contributed by atoms with Crippen molar-refractivity contribution in [3.05, 3.63) is 49.2 Å². The van der Waals surface area contributed by atoms with E-state index in [9.17, 15) is 4.79 Å². The van der Waals surface area contributed by atoms with Crippen molar-refractivity contribution >= 4 is 57.1 Å². The van der Waals surface area contributed by atoms with Gasteiger partial charge in [0.1, 0.15) is 0 Å². The SMILES string of the molecule is O=C(Nc1cccc(Cl)c1)c1csc(I)c1. The number of anilines is 1. The van der Waals surface area contributed by atoms with Gasteiger partial charge in [-0.15, -0.1) is 11.3 Å². The Bertz CT molecular complexity index is 526. The van der Waals surface area contributed by atoms with Crippen LogP contribution >= 0.6 is 45.5 Å². The summed E-state index contributed by atoms with van der Waals surface area (Å²) in [5, 5.41) is 5.24. The molecule has 1 aromatic heterocycles. The smallest absolute Gasteiger partial charge is 0.256 e. The van der Waals surface area contributed by atoms with Crippen molar-refractivity contribution in [2.45, 2.75) is 0 Å². The highest BCUT2D eigenvalue weighted by atomic mass is 127. The summed E-state index contributed by atoms with van der Waals surface area (Å²) >= 11 is 9.56. The number of benzene rings is 1. The van der Waals surface area contributed by atoms with Gasteiger partial charge in [-0.3, -0.25) is 4.79 Å². The molecule has 0 atom stereocenters. The molecule has 5 heteroatoms. The number of hydrogen-bond acceptors (Lipinski definition) is 2. The Morgan fingerprint density at radius 2 is 2.19 bits per heavy atom. The van der Waals surface area contributed by atoms with Crippen LogP contribution in [0.2, 0.25) is 5.02 Å². The van der Waals surface area contributed by atoms with Gasteiger partial charge in [-0.05, 0) is 46.9 Å². The second kappa shape index (κ2) is 5.16. The third kappa shape index (κ3) is 2.96. The van der Waals surface area contributed by atoms with Crippen LogP contribution in [0.25, 0.3) is 0 Å². The Morgan fingerprint density at radius 3 is 2.81 bits per heavy atom. The van der Waals surface area contributed by atoms with Crippen LogP contribution in [0.4, 0.5) is 5.69 Å². The van der Waals surface area contributed by atoms with Crippen LogP contribution in [0, 0.1) is 2.88 Å². The Hall–Kier alpha value is -0.590. The molecule has 0 spiro atoms. The first-order valence-corrected chi connectivity index (χ1v) is 6.80. The van der Waals surface area contributed by atoms with Gasteiger partial charge in [0.25, 0.3) is 5.91 Å². The molecule has 0 saturated carbocycles. The number of halogens is 2. The molecular formula is C11H7ClINOS. The first kappa shape index (κ1) is 11.9. The van der Waals surface area contributed by atoms with Crippen molar-refractivity contribution in [2.24, 2.45) is 0 Å². The van der Waals surface area contributed by atoms with E-state index in [1.54, 1.807) is 35.6 Å². The Balaban J connectivity index is 2.13. The Labute approximate surface area is 116 Å². The zero-order valence-corrected chi connectivity index (χ0v) is 11.8. The summed E-state index contributed by atoms with van der Waals surface area (Å²) in [6, 6.07) is 8.95. The van der Waals surface area contributed by atoms with Crippen molar-refractivity contribution < 1.29 is 4.79 Å². The van der Waals surface area contributed by atoms with Gasteiger partial charge < -0.3 is 5.32 Å². The van der Waals surface area contributed by atoms with Crippen LogP contribution in [-0.2, 0) is 0 Å². The van der Waals surface area contributed by atoms with E-state index in [-0.39, 0.29) is 5.91 Å². The van der Waals surface area contributed by atoms with Crippen LogP contribution in [0.3, 0.4) is 0 Å². The van der Waals surface area contributed by atoms with E-state index >= 15 is 0 Å². The molecule has 0 aliphatic rings. The second-order valence-electron chi connectivity index (χ2n) is 3.10. The molecule has 0 fully saturated rings. The number of amides is 1. The van der Waals surface area contributed by atoms with E-state index in [2.05, 4.69) is 27.9 Å². The standard InChI is InChI=1S/C11H7ClINOS/c12-8-2-1-3-9(5-8)14-11(15)7-4-10(13)16-6-7/h1-6H,(H,14,15). The molecule has 1 aromatic carbocycles. The summed E-state index contributed by atoms with van der Waals surface area (Å²) in [5.41, 5.74) is 1.38. The molecular weight excluding hydrogens is 357 g/mol. The fourth-order valence-electron chi connectivity index (χ4n) is 1.20. The molecule has 2 nitrogen and oxygen atoms in total. The first-order valence-electron chi connectivity index (χ1n) is 4.46. The van der Waals surface area contributed by atoms with Gasteiger partial charge in [0.2, 0.25) is 0 Å². The van der Waals surface area contributed by atoms with Crippen LogP contribution in [0.15, 0.2) is 35.7 Å². The molecule has 0 radical (unpaired) electrons. The topological polar surface area (TPSA) is 29.1 Å². The monoisotopic (exact) mass is 363 g/mol.